The summed E-state index contributed by atoms with van der Waals surface area (Å²) in [5.74, 6) is 0.225. The Bertz CT molecular complexity index is 514. The van der Waals surface area contributed by atoms with Gasteiger partial charge in [-0.15, -0.1) is 0 Å². The Morgan fingerprint density at radius 3 is 2.76 bits per heavy atom. The van der Waals surface area contributed by atoms with Gasteiger partial charge in [0.05, 0.1) is 28.9 Å². The van der Waals surface area contributed by atoms with E-state index in [9.17, 15) is 4.79 Å². The van der Waals surface area contributed by atoms with Crippen molar-refractivity contribution >= 4 is 17.4 Å². The number of aromatic nitrogens is 2. The summed E-state index contributed by atoms with van der Waals surface area (Å²) in [6, 6.07) is -0.0610. The molecule has 0 aromatic carbocycles. The number of halogens is 1. The normalized spacial score (nSPS) is 21.5. The smallest absolute Gasteiger partial charge is 0.157 e. The molecule has 6 heteroatoms. The molecule has 1 aliphatic rings. The van der Waals surface area contributed by atoms with Crippen molar-refractivity contribution in [3.8, 4) is 0 Å². The number of hydrogen-bond donors (Lipinski definition) is 0. The summed E-state index contributed by atoms with van der Waals surface area (Å²) in [5, 5.41) is 5.02. The minimum absolute atomic E-state index is 0.0610. The summed E-state index contributed by atoms with van der Waals surface area (Å²) >= 11 is 6.31. The molecular weight excluding hydrogens is 288 g/mol. The second-order valence-electron chi connectivity index (χ2n) is 5.92. The average Bonchev–Trinajstić information content (AvgIpc) is 2.60. The van der Waals surface area contributed by atoms with Gasteiger partial charge in [0.2, 0.25) is 0 Å². The Morgan fingerprint density at radius 1 is 1.38 bits per heavy atom. The molecule has 5 nitrogen and oxygen atoms in total. The lowest BCUT2D eigenvalue weighted by molar-refractivity contribution is -0.123. The molecule has 1 aliphatic heterocycles. The van der Waals surface area contributed by atoms with Gasteiger partial charge in [-0.05, 0) is 47.5 Å². The van der Waals surface area contributed by atoms with Crippen LogP contribution in [0.15, 0.2) is 0 Å². The van der Waals surface area contributed by atoms with Crippen LogP contribution in [-0.4, -0.2) is 65.1 Å². The first-order chi connectivity index (χ1) is 9.93. The van der Waals surface area contributed by atoms with Gasteiger partial charge < -0.3 is 4.90 Å². The Hall–Kier alpha value is -0.910. The number of hydrogen-bond acceptors (Lipinski definition) is 4. The molecule has 0 radical (unpaired) electrons. The maximum atomic E-state index is 12.7. The number of ketones is 1. The molecule has 21 heavy (non-hydrogen) atoms. The molecule has 0 saturated carbocycles. The molecule has 1 atom stereocenters. The van der Waals surface area contributed by atoms with Gasteiger partial charge in [0, 0.05) is 13.1 Å². The Kier molecular flexibility index (Phi) is 5.41. The zero-order valence-corrected chi connectivity index (χ0v) is 14.2. The maximum absolute atomic E-state index is 12.7. The quantitative estimate of drug-likeness (QED) is 0.847. The maximum Gasteiger partial charge on any atom is 0.157 e. The number of Topliss-reactive ketones (excluding diaryl/α,β-unsaturated/α-hetero) is 1. The van der Waals surface area contributed by atoms with Crippen molar-refractivity contribution in [2.45, 2.75) is 39.3 Å². The van der Waals surface area contributed by atoms with Crippen molar-refractivity contribution in [3.63, 3.8) is 0 Å². The van der Waals surface area contributed by atoms with Crippen molar-refractivity contribution in [2.75, 3.05) is 33.7 Å². The van der Waals surface area contributed by atoms with E-state index in [1.807, 2.05) is 25.6 Å². The third-order valence-electron chi connectivity index (χ3n) is 4.23. The number of aryl methyl sites for hydroxylation is 2. The second kappa shape index (κ2) is 6.90. The van der Waals surface area contributed by atoms with E-state index < -0.39 is 0 Å². The largest absolute Gasteiger partial charge is 0.304 e. The van der Waals surface area contributed by atoms with E-state index >= 15 is 0 Å². The summed E-state index contributed by atoms with van der Waals surface area (Å²) in [4.78, 5) is 17.1. The van der Waals surface area contributed by atoms with Crippen molar-refractivity contribution in [2.24, 2.45) is 0 Å². The summed E-state index contributed by atoms with van der Waals surface area (Å²) < 4.78 is 1.84. The molecule has 118 valence electrons. The minimum atomic E-state index is -0.0610. The van der Waals surface area contributed by atoms with Gasteiger partial charge in [0.15, 0.2) is 5.78 Å². The van der Waals surface area contributed by atoms with Gasteiger partial charge in [0.1, 0.15) is 0 Å². The molecule has 1 unspecified atom stereocenters. The van der Waals surface area contributed by atoms with Gasteiger partial charge in [0.25, 0.3) is 0 Å². The first-order valence-electron chi connectivity index (χ1n) is 7.57. The van der Waals surface area contributed by atoms with E-state index in [-0.39, 0.29) is 11.8 Å². The van der Waals surface area contributed by atoms with E-state index in [4.69, 9.17) is 11.6 Å². The van der Waals surface area contributed by atoms with E-state index in [1.54, 1.807) is 0 Å². The lowest BCUT2D eigenvalue weighted by Crippen LogP contribution is -2.44. The van der Waals surface area contributed by atoms with Crippen LogP contribution in [0.2, 0.25) is 5.02 Å². The molecule has 2 heterocycles. The Balaban J connectivity index is 2.17. The highest BCUT2D eigenvalue weighted by atomic mass is 35.5. The average molecular weight is 313 g/mol. The molecule has 0 aliphatic carbocycles. The Labute approximate surface area is 131 Å². The van der Waals surface area contributed by atoms with Crippen molar-refractivity contribution in [1.82, 2.24) is 19.6 Å². The zero-order chi connectivity index (χ0) is 15.6. The van der Waals surface area contributed by atoms with Crippen LogP contribution in [0.1, 0.15) is 24.7 Å². The predicted molar refractivity (Wildman–Crippen MR) is 84.9 cm³/mol. The monoisotopic (exact) mass is 312 g/mol. The number of carbonyl (C=O) groups excluding carboxylic acids is 1. The summed E-state index contributed by atoms with van der Waals surface area (Å²) in [6.07, 6.45) is 1.46. The molecule has 0 spiro atoms. The molecule has 0 bridgehead atoms. The standard InChI is InChI=1S/C15H25ClN4O/c1-5-20-12(15(16)11(2)17-20)9-14(21)13-10-18(3)7-6-8-19(13)4/h13H,5-10H2,1-4H3. The van der Waals surface area contributed by atoms with E-state index in [0.29, 0.717) is 11.4 Å². The van der Waals surface area contributed by atoms with Gasteiger partial charge in [-0.2, -0.15) is 5.10 Å². The van der Waals surface area contributed by atoms with Crippen molar-refractivity contribution in [3.05, 3.63) is 16.4 Å². The molecule has 1 fully saturated rings. The highest BCUT2D eigenvalue weighted by molar-refractivity contribution is 6.32. The zero-order valence-electron chi connectivity index (χ0n) is 13.4. The highest BCUT2D eigenvalue weighted by Gasteiger charge is 2.28. The molecule has 0 N–H and O–H groups in total. The van der Waals surface area contributed by atoms with Crippen LogP contribution in [0.5, 0.6) is 0 Å². The highest BCUT2D eigenvalue weighted by Crippen LogP contribution is 2.22. The van der Waals surface area contributed by atoms with Crippen LogP contribution in [0.4, 0.5) is 0 Å². The number of likely N-dealkylation sites (N-methyl/N-ethyl adjacent to an activating group) is 2. The fourth-order valence-corrected chi connectivity index (χ4v) is 3.14. The molecular formula is C15H25ClN4O. The second-order valence-corrected chi connectivity index (χ2v) is 6.30. The van der Waals surface area contributed by atoms with E-state index in [2.05, 4.69) is 21.9 Å². The van der Waals surface area contributed by atoms with Gasteiger partial charge in [-0.1, -0.05) is 11.6 Å². The van der Waals surface area contributed by atoms with Crippen molar-refractivity contribution < 1.29 is 4.79 Å². The van der Waals surface area contributed by atoms with Gasteiger partial charge >= 0.3 is 0 Å². The molecule has 1 aromatic heterocycles. The molecule has 1 aromatic rings. The van der Waals surface area contributed by atoms with Crippen LogP contribution in [0, 0.1) is 6.92 Å². The molecule has 1 saturated heterocycles. The van der Waals surface area contributed by atoms with Gasteiger partial charge in [-0.25, -0.2) is 0 Å². The molecule has 0 amide bonds. The Morgan fingerprint density at radius 2 is 2.10 bits per heavy atom. The third kappa shape index (κ3) is 3.65. The first-order valence-corrected chi connectivity index (χ1v) is 7.95. The summed E-state index contributed by atoms with van der Waals surface area (Å²) in [5.41, 5.74) is 1.65. The first kappa shape index (κ1) is 16.5. The molecule has 2 rings (SSSR count). The fraction of sp³-hybridized carbons (Fsp3) is 0.733. The summed E-state index contributed by atoms with van der Waals surface area (Å²) in [6.45, 7) is 7.42. The topological polar surface area (TPSA) is 41.4 Å². The third-order valence-corrected chi connectivity index (χ3v) is 4.73. The van der Waals surface area contributed by atoms with E-state index in [0.717, 1.165) is 44.0 Å². The van der Waals surface area contributed by atoms with Crippen LogP contribution in [0.25, 0.3) is 0 Å². The van der Waals surface area contributed by atoms with Crippen LogP contribution in [0.3, 0.4) is 0 Å². The lowest BCUT2D eigenvalue weighted by atomic mass is 10.1. The number of nitrogens with zero attached hydrogens (tertiary/aromatic N) is 4. The number of carbonyl (C=O) groups is 1. The van der Waals surface area contributed by atoms with Crippen molar-refractivity contribution in [1.29, 1.82) is 0 Å². The van der Waals surface area contributed by atoms with Crippen LogP contribution in [-0.2, 0) is 17.8 Å². The van der Waals surface area contributed by atoms with Crippen LogP contribution >= 0.6 is 11.6 Å². The lowest BCUT2D eigenvalue weighted by Gasteiger charge is -2.26. The SMILES string of the molecule is CCn1nc(C)c(Cl)c1CC(=O)C1CN(C)CCCN1C. The van der Waals surface area contributed by atoms with Gasteiger partial charge in [-0.3, -0.25) is 14.4 Å². The minimum Gasteiger partial charge on any atom is -0.304 e. The summed E-state index contributed by atoms with van der Waals surface area (Å²) in [7, 11) is 4.11. The predicted octanol–water partition coefficient (Wildman–Crippen LogP) is 1.61. The number of rotatable bonds is 4. The fourth-order valence-electron chi connectivity index (χ4n) is 2.94. The van der Waals surface area contributed by atoms with E-state index in [1.165, 1.54) is 0 Å². The van der Waals surface area contributed by atoms with Crippen LogP contribution < -0.4 is 0 Å².